The number of benzene rings is 2. The van der Waals surface area contributed by atoms with Gasteiger partial charge in [-0.2, -0.15) is 0 Å². The number of hydrogen-bond donors (Lipinski definition) is 0. The first kappa shape index (κ1) is 19.7. The Morgan fingerprint density at radius 1 is 1.07 bits per heavy atom. The van der Waals surface area contributed by atoms with Crippen LogP contribution in [0.5, 0.6) is 0 Å². The third-order valence-electron chi connectivity index (χ3n) is 4.76. The molecule has 146 valence electrons. The summed E-state index contributed by atoms with van der Waals surface area (Å²) in [6.45, 7) is 8.91. The number of allylic oxidation sites excluding steroid dienone is 1. The first-order valence-corrected chi connectivity index (χ1v) is 11.4. The highest BCUT2D eigenvalue weighted by molar-refractivity contribution is 7.98. The van der Waals surface area contributed by atoms with Crippen LogP contribution in [0.2, 0.25) is 0 Å². The summed E-state index contributed by atoms with van der Waals surface area (Å²) in [6.07, 6.45) is 1.91. The molecule has 0 radical (unpaired) electrons. The van der Waals surface area contributed by atoms with Crippen LogP contribution in [-0.4, -0.2) is 14.8 Å². The van der Waals surface area contributed by atoms with Crippen LogP contribution in [-0.2, 0) is 12.3 Å². The first-order valence-electron chi connectivity index (χ1n) is 9.53. The summed E-state index contributed by atoms with van der Waals surface area (Å²) >= 11 is 3.47. The number of hydrogen-bond acceptors (Lipinski definition) is 4. The molecule has 5 heteroatoms. The third-order valence-corrected chi connectivity index (χ3v) is 6.71. The number of thioether (sulfide) groups is 1. The van der Waals surface area contributed by atoms with Gasteiger partial charge in [0.15, 0.2) is 11.0 Å². The molecular formula is C24H23N3S2. The minimum absolute atomic E-state index is 0.682. The second-order valence-electron chi connectivity index (χ2n) is 6.93. The molecule has 0 aliphatic rings. The van der Waals surface area contributed by atoms with Gasteiger partial charge in [0.25, 0.3) is 0 Å². The van der Waals surface area contributed by atoms with E-state index in [1.165, 1.54) is 27.1 Å². The number of aromatic nitrogens is 3. The Hall–Kier alpha value is -2.63. The van der Waals surface area contributed by atoms with E-state index >= 15 is 0 Å². The van der Waals surface area contributed by atoms with Gasteiger partial charge in [0.1, 0.15) is 0 Å². The summed E-state index contributed by atoms with van der Waals surface area (Å²) in [7, 11) is 0. The lowest BCUT2D eigenvalue weighted by molar-refractivity contribution is 0.731. The van der Waals surface area contributed by atoms with Gasteiger partial charge in [0.05, 0.1) is 0 Å². The Bertz CT molecular complexity index is 1130. The molecule has 2 aromatic carbocycles. The first-order chi connectivity index (χ1) is 14.2. The quantitative estimate of drug-likeness (QED) is 0.246. The Morgan fingerprint density at radius 2 is 1.90 bits per heavy atom. The zero-order valence-corrected chi connectivity index (χ0v) is 18.3. The molecular weight excluding hydrogens is 394 g/mol. The van der Waals surface area contributed by atoms with Crippen LogP contribution in [0.15, 0.2) is 77.8 Å². The molecule has 0 amide bonds. The van der Waals surface area contributed by atoms with Gasteiger partial charge in [-0.25, -0.2) is 0 Å². The molecule has 0 aliphatic carbocycles. The Labute approximate surface area is 180 Å². The molecule has 4 aromatic rings. The van der Waals surface area contributed by atoms with E-state index in [0.29, 0.717) is 6.54 Å². The Balaban J connectivity index is 1.70. The van der Waals surface area contributed by atoms with Gasteiger partial charge in [-0.15, -0.1) is 28.1 Å². The van der Waals surface area contributed by atoms with E-state index in [1.807, 2.05) is 12.1 Å². The summed E-state index contributed by atoms with van der Waals surface area (Å²) in [6, 6.07) is 19.1. The van der Waals surface area contributed by atoms with Crippen molar-refractivity contribution in [2.45, 2.75) is 31.3 Å². The lowest BCUT2D eigenvalue weighted by atomic mass is 10.0. The normalized spacial score (nSPS) is 11.0. The average Bonchev–Trinajstić information content (AvgIpc) is 3.30. The lowest BCUT2D eigenvalue weighted by Crippen LogP contribution is -2.01. The van der Waals surface area contributed by atoms with Gasteiger partial charge in [-0.05, 0) is 25.0 Å². The molecule has 0 saturated carbocycles. The second kappa shape index (κ2) is 8.80. The molecule has 3 nitrogen and oxygen atoms in total. The minimum Gasteiger partial charge on any atom is -0.298 e. The van der Waals surface area contributed by atoms with Crippen LogP contribution >= 0.6 is 23.1 Å². The molecule has 0 N–H and O–H groups in total. The molecule has 0 unspecified atom stereocenters. The number of rotatable bonds is 7. The van der Waals surface area contributed by atoms with Crippen LogP contribution in [0.4, 0.5) is 0 Å². The second-order valence-corrected chi connectivity index (χ2v) is 8.96. The van der Waals surface area contributed by atoms with E-state index in [1.54, 1.807) is 23.1 Å². The maximum atomic E-state index is 4.59. The summed E-state index contributed by atoms with van der Waals surface area (Å²) < 4.78 is 2.17. The van der Waals surface area contributed by atoms with Crippen molar-refractivity contribution in [2.24, 2.45) is 0 Å². The summed E-state index contributed by atoms with van der Waals surface area (Å²) in [5.74, 6) is 1.77. The molecule has 2 aromatic heterocycles. The molecule has 29 heavy (non-hydrogen) atoms. The largest absolute Gasteiger partial charge is 0.298 e. The maximum Gasteiger partial charge on any atom is 0.192 e. The third kappa shape index (κ3) is 4.21. The van der Waals surface area contributed by atoms with Gasteiger partial charge < -0.3 is 0 Å². The molecule has 0 aliphatic heterocycles. The van der Waals surface area contributed by atoms with Crippen molar-refractivity contribution in [2.75, 3.05) is 0 Å². The van der Waals surface area contributed by atoms with Gasteiger partial charge in [-0.3, -0.25) is 4.57 Å². The van der Waals surface area contributed by atoms with Crippen LogP contribution in [0.3, 0.4) is 0 Å². The fourth-order valence-corrected chi connectivity index (χ4v) is 5.18. The van der Waals surface area contributed by atoms with Crippen molar-refractivity contribution in [1.29, 1.82) is 0 Å². The van der Waals surface area contributed by atoms with E-state index in [0.717, 1.165) is 22.3 Å². The topological polar surface area (TPSA) is 30.7 Å². The summed E-state index contributed by atoms with van der Waals surface area (Å²) in [5.41, 5.74) is 6.15. The predicted octanol–water partition coefficient (Wildman–Crippen LogP) is 6.77. The van der Waals surface area contributed by atoms with Crippen LogP contribution < -0.4 is 0 Å². The molecule has 0 bridgehead atoms. The number of nitrogens with zero attached hydrogens (tertiary/aromatic N) is 3. The molecule has 0 atom stereocenters. The van der Waals surface area contributed by atoms with Crippen molar-refractivity contribution < 1.29 is 0 Å². The summed E-state index contributed by atoms with van der Waals surface area (Å²) in [4.78, 5) is 1.29. The monoisotopic (exact) mass is 417 g/mol. The summed E-state index contributed by atoms with van der Waals surface area (Å²) in [5, 5.41) is 12.2. The number of thiophene rings is 1. The molecule has 0 spiro atoms. The van der Waals surface area contributed by atoms with E-state index in [9.17, 15) is 0 Å². The van der Waals surface area contributed by atoms with Crippen molar-refractivity contribution in [3.8, 4) is 22.5 Å². The van der Waals surface area contributed by atoms with Crippen molar-refractivity contribution in [3.63, 3.8) is 0 Å². The highest BCUT2D eigenvalue weighted by Crippen LogP contribution is 2.39. The van der Waals surface area contributed by atoms with E-state index < -0.39 is 0 Å². The zero-order valence-electron chi connectivity index (χ0n) is 16.6. The molecule has 0 fully saturated rings. The van der Waals surface area contributed by atoms with Crippen molar-refractivity contribution >= 4 is 23.1 Å². The Kier molecular flexibility index (Phi) is 5.97. The van der Waals surface area contributed by atoms with Gasteiger partial charge in [0, 0.05) is 33.7 Å². The van der Waals surface area contributed by atoms with Gasteiger partial charge >= 0.3 is 0 Å². The SMILES string of the molecule is C=CCn1c(SCc2cccc(C)c2)nnc1-c1csc(C)c1-c1ccccc1. The smallest absolute Gasteiger partial charge is 0.192 e. The minimum atomic E-state index is 0.682. The average molecular weight is 418 g/mol. The zero-order chi connectivity index (χ0) is 20.2. The highest BCUT2D eigenvalue weighted by atomic mass is 32.2. The van der Waals surface area contributed by atoms with Crippen LogP contribution in [0.25, 0.3) is 22.5 Å². The lowest BCUT2D eigenvalue weighted by Gasteiger charge is -2.10. The standard InChI is InChI=1S/C24H23N3S2/c1-4-13-27-23(21-16-28-18(3)22(21)20-11-6-5-7-12-20)25-26-24(27)29-15-19-10-8-9-17(2)14-19/h4-12,14,16H,1,13,15H2,2-3H3. The van der Waals surface area contributed by atoms with Crippen LogP contribution in [0, 0.1) is 13.8 Å². The molecule has 4 rings (SSSR count). The molecule has 2 heterocycles. The van der Waals surface area contributed by atoms with Gasteiger partial charge in [0.2, 0.25) is 0 Å². The van der Waals surface area contributed by atoms with Gasteiger partial charge in [-0.1, -0.05) is 78.0 Å². The Morgan fingerprint density at radius 3 is 2.66 bits per heavy atom. The maximum absolute atomic E-state index is 4.59. The fraction of sp³-hybridized carbons (Fsp3) is 0.167. The van der Waals surface area contributed by atoms with E-state index in [4.69, 9.17) is 0 Å². The number of aryl methyl sites for hydroxylation is 2. The van der Waals surface area contributed by atoms with Crippen molar-refractivity contribution in [3.05, 3.63) is 88.6 Å². The van der Waals surface area contributed by atoms with E-state index in [2.05, 4.69) is 89.1 Å². The highest BCUT2D eigenvalue weighted by Gasteiger charge is 2.20. The predicted molar refractivity (Wildman–Crippen MR) is 124 cm³/mol. The molecule has 0 saturated heterocycles. The van der Waals surface area contributed by atoms with Crippen LogP contribution in [0.1, 0.15) is 16.0 Å². The van der Waals surface area contributed by atoms with E-state index in [-0.39, 0.29) is 0 Å². The van der Waals surface area contributed by atoms with Crippen molar-refractivity contribution in [1.82, 2.24) is 14.8 Å². The fourth-order valence-electron chi connectivity index (χ4n) is 3.42.